The van der Waals surface area contributed by atoms with Crippen LogP contribution in [-0.2, 0) is 13.6 Å². The molecule has 0 atom stereocenters. The Labute approximate surface area is 156 Å². The Balaban J connectivity index is 1.80. The molecule has 3 rings (SSSR count). The summed E-state index contributed by atoms with van der Waals surface area (Å²) in [5.41, 5.74) is 5.47. The number of amides is 1. The molecule has 1 aliphatic carbocycles. The van der Waals surface area contributed by atoms with Gasteiger partial charge in [0.05, 0.1) is 5.69 Å². The van der Waals surface area contributed by atoms with Crippen LogP contribution in [0.15, 0.2) is 42.0 Å². The lowest BCUT2D eigenvalue weighted by Gasteiger charge is -2.25. The summed E-state index contributed by atoms with van der Waals surface area (Å²) in [5, 5.41) is 4.35. The minimum atomic E-state index is 0.0627. The molecule has 26 heavy (non-hydrogen) atoms. The SMILES string of the molecule is Cc1cc(C(=O)N(CCC2=CCCCC2)Cc2ccccc2C)n(C)n1. The molecule has 4 heteroatoms. The van der Waals surface area contributed by atoms with Crippen LogP contribution in [0, 0.1) is 13.8 Å². The number of aryl methyl sites for hydroxylation is 3. The average molecular weight is 351 g/mol. The van der Waals surface area contributed by atoms with Gasteiger partial charge in [0.1, 0.15) is 5.69 Å². The summed E-state index contributed by atoms with van der Waals surface area (Å²) in [4.78, 5) is 15.2. The van der Waals surface area contributed by atoms with Crippen LogP contribution >= 0.6 is 0 Å². The van der Waals surface area contributed by atoms with E-state index in [1.807, 2.05) is 37.1 Å². The topological polar surface area (TPSA) is 38.1 Å². The Morgan fingerprint density at radius 1 is 1.23 bits per heavy atom. The zero-order valence-corrected chi connectivity index (χ0v) is 16.2. The standard InChI is InChI=1S/C22H29N3O/c1-17-9-7-8-12-20(17)16-25(14-13-19-10-5-4-6-11-19)22(26)21-15-18(2)23-24(21)3/h7-10,12,15H,4-6,11,13-14,16H2,1-3H3. The molecule has 138 valence electrons. The number of hydrogen-bond acceptors (Lipinski definition) is 2. The molecule has 1 aromatic heterocycles. The molecule has 0 bridgehead atoms. The van der Waals surface area contributed by atoms with Gasteiger partial charge in [-0.05, 0) is 63.1 Å². The molecule has 0 saturated heterocycles. The zero-order valence-electron chi connectivity index (χ0n) is 16.2. The number of benzene rings is 1. The second kappa shape index (κ2) is 8.35. The molecule has 1 aromatic carbocycles. The van der Waals surface area contributed by atoms with Crippen LogP contribution in [0.25, 0.3) is 0 Å². The smallest absolute Gasteiger partial charge is 0.272 e. The Morgan fingerprint density at radius 3 is 2.69 bits per heavy atom. The number of allylic oxidation sites excluding steroid dienone is 1. The van der Waals surface area contributed by atoms with Crippen LogP contribution in [0.3, 0.4) is 0 Å². The van der Waals surface area contributed by atoms with E-state index in [9.17, 15) is 4.79 Å². The van der Waals surface area contributed by atoms with Gasteiger partial charge in [-0.1, -0.05) is 35.9 Å². The molecule has 0 spiro atoms. The number of aromatic nitrogens is 2. The van der Waals surface area contributed by atoms with Gasteiger partial charge in [-0.2, -0.15) is 5.10 Å². The van der Waals surface area contributed by atoms with E-state index in [0.29, 0.717) is 12.2 Å². The third-order valence-corrected chi connectivity index (χ3v) is 5.22. The first-order valence-corrected chi connectivity index (χ1v) is 9.57. The summed E-state index contributed by atoms with van der Waals surface area (Å²) >= 11 is 0. The number of carbonyl (C=O) groups excluding carboxylic acids is 1. The molecule has 0 fully saturated rings. The monoisotopic (exact) mass is 351 g/mol. The third kappa shape index (κ3) is 4.43. The van der Waals surface area contributed by atoms with Gasteiger partial charge in [0.25, 0.3) is 5.91 Å². The quantitative estimate of drug-likeness (QED) is 0.715. The molecule has 0 radical (unpaired) electrons. The highest BCUT2D eigenvalue weighted by atomic mass is 16.2. The largest absolute Gasteiger partial charge is 0.333 e. The van der Waals surface area contributed by atoms with Gasteiger partial charge >= 0.3 is 0 Å². The van der Waals surface area contributed by atoms with Crippen molar-refractivity contribution in [2.75, 3.05) is 6.54 Å². The summed E-state index contributed by atoms with van der Waals surface area (Å²) in [5.74, 6) is 0.0627. The van der Waals surface area contributed by atoms with Crippen molar-refractivity contribution >= 4 is 5.91 Å². The molecule has 1 aliphatic rings. The third-order valence-electron chi connectivity index (χ3n) is 5.22. The Bertz CT molecular complexity index is 803. The Hall–Kier alpha value is -2.36. The predicted molar refractivity (Wildman–Crippen MR) is 105 cm³/mol. The molecular weight excluding hydrogens is 322 g/mol. The van der Waals surface area contributed by atoms with Crippen LogP contribution in [0.5, 0.6) is 0 Å². The molecule has 0 aliphatic heterocycles. The van der Waals surface area contributed by atoms with Gasteiger partial charge in [0, 0.05) is 20.1 Å². The lowest BCUT2D eigenvalue weighted by Crippen LogP contribution is -2.33. The summed E-state index contributed by atoms with van der Waals surface area (Å²) in [6, 6.07) is 10.2. The molecule has 1 amide bonds. The van der Waals surface area contributed by atoms with Crippen LogP contribution in [0.1, 0.15) is 59.4 Å². The molecule has 0 N–H and O–H groups in total. The molecule has 0 unspecified atom stereocenters. The molecule has 2 aromatic rings. The maximum absolute atomic E-state index is 13.2. The highest BCUT2D eigenvalue weighted by molar-refractivity contribution is 5.92. The van der Waals surface area contributed by atoms with Crippen molar-refractivity contribution in [3.63, 3.8) is 0 Å². The minimum absolute atomic E-state index is 0.0627. The van der Waals surface area contributed by atoms with E-state index in [4.69, 9.17) is 0 Å². The lowest BCUT2D eigenvalue weighted by atomic mass is 9.97. The van der Waals surface area contributed by atoms with Gasteiger partial charge in [-0.3, -0.25) is 9.48 Å². The van der Waals surface area contributed by atoms with E-state index in [0.717, 1.165) is 18.7 Å². The number of hydrogen-bond donors (Lipinski definition) is 0. The van der Waals surface area contributed by atoms with Crippen molar-refractivity contribution in [2.45, 2.75) is 52.5 Å². The normalized spacial score (nSPS) is 14.2. The first-order chi connectivity index (χ1) is 12.5. The van der Waals surface area contributed by atoms with Crippen molar-refractivity contribution in [3.05, 3.63) is 64.5 Å². The van der Waals surface area contributed by atoms with Crippen LogP contribution in [0.2, 0.25) is 0 Å². The Morgan fingerprint density at radius 2 is 2.04 bits per heavy atom. The number of carbonyl (C=O) groups is 1. The first kappa shape index (κ1) is 18.4. The van der Waals surface area contributed by atoms with Crippen molar-refractivity contribution in [3.8, 4) is 0 Å². The second-order valence-corrected chi connectivity index (χ2v) is 7.31. The summed E-state index contributed by atoms with van der Waals surface area (Å²) in [6.45, 7) is 5.43. The van der Waals surface area contributed by atoms with Gasteiger partial charge in [0.15, 0.2) is 0 Å². The van der Waals surface area contributed by atoms with Crippen LogP contribution in [-0.4, -0.2) is 27.1 Å². The van der Waals surface area contributed by atoms with E-state index in [1.165, 1.54) is 42.4 Å². The van der Waals surface area contributed by atoms with E-state index >= 15 is 0 Å². The van der Waals surface area contributed by atoms with Crippen molar-refractivity contribution in [2.24, 2.45) is 7.05 Å². The van der Waals surface area contributed by atoms with E-state index in [-0.39, 0.29) is 5.91 Å². The van der Waals surface area contributed by atoms with Crippen LogP contribution < -0.4 is 0 Å². The molecule has 0 saturated carbocycles. The minimum Gasteiger partial charge on any atom is -0.333 e. The van der Waals surface area contributed by atoms with Gasteiger partial charge in [-0.25, -0.2) is 0 Å². The van der Waals surface area contributed by atoms with Gasteiger partial charge in [0.2, 0.25) is 0 Å². The zero-order chi connectivity index (χ0) is 18.5. The fraction of sp³-hybridized carbons (Fsp3) is 0.455. The fourth-order valence-electron chi connectivity index (χ4n) is 3.63. The Kier molecular flexibility index (Phi) is 5.92. The molecule has 1 heterocycles. The lowest BCUT2D eigenvalue weighted by molar-refractivity contribution is 0.0733. The number of rotatable bonds is 6. The maximum atomic E-state index is 13.2. The van der Waals surface area contributed by atoms with Crippen LogP contribution in [0.4, 0.5) is 0 Å². The maximum Gasteiger partial charge on any atom is 0.272 e. The fourth-order valence-corrected chi connectivity index (χ4v) is 3.63. The first-order valence-electron chi connectivity index (χ1n) is 9.57. The second-order valence-electron chi connectivity index (χ2n) is 7.31. The van der Waals surface area contributed by atoms with Crippen molar-refractivity contribution in [1.29, 1.82) is 0 Å². The van der Waals surface area contributed by atoms with Crippen molar-refractivity contribution < 1.29 is 4.79 Å². The van der Waals surface area contributed by atoms with Crippen molar-refractivity contribution in [1.82, 2.24) is 14.7 Å². The van der Waals surface area contributed by atoms with Gasteiger partial charge < -0.3 is 4.90 Å². The summed E-state index contributed by atoms with van der Waals surface area (Å²) < 4.78 is 1.70. The number of nitrogens with zero attached hydrogens (tertiary/aromatic N) is 3. The van der Waals surface area contributed by atoms with E-state index in [2.05, 4.69) is 30.2 Å². The summed E-state index contributed by atoms with van der Waals surface area (Å²) in [6.07, 6.45) is 8.27. The van der Waals surface area contributed by atoms with Gasteiger partial charge in [-0.15, -0.1) is 0 Å². The average Bonchev–Trinajstić information content (AvgIpc) is 2.98. The molecule has 4 nitrogen and oxygen atoms in total. The van der Waals surface area contributed by atoms with E-state index in [1.54, 1.807) is 4.68 Å². The highest BCUT2D eigenvalue weighted by Gasteiger charge is 2.21. The molecular formula is C22H29N3O. The summed E-state index contributed by atoms with van der Waals surface area (Å²) in [7, 11) is 1.84. The van der Waals surface area contributed by atoms with E-state index < -0.39 is 0 Å². The predicted octanol–water partition coefficient (Wildman–Crippen LogP) is 4.57. The highest BCUT2D eigenvalue weighted by Crippen LogP contribution is 2.22.